The molecule has 2 rings (SSSR count). The lowest BCUT2D eigenvalue weighted by atomic mass is 10.1. The van der Waals surface area contributed by atoms with Crippen LogP contribution in [0.3, 0.4) is 0 Å². The van der Waals surface area contributed by atoms with Crippen molar-refractivity contribution < 1.29 is 14.8 Å². The van der Waals surface area contributed by atoms with E-state index in [9.17, 15) is 20.0 Å². The monoisotopic (exact) mass is 318 g/mol. The summed E-state index contributed by atoms with van der Waals surface area (Å²) in [5.74, 6) is -0.845. The number of phenols is 1. The molecule has 0 fully saturated rings. The average molecular weight is 319 g/mol. The van der Waals surface area contributed by atoms with E-state index in [1.54, 1.807) is 24.3 Å². The number of benzene rings is 2. The van der Waals surface area contributed by atoms with Crippen molar-refractivity contribution in [2.24, 2.45) is 0 Å². The molecule has 2 N–H and O–H groups in total. The molecule has 0 bridgehead atoms. The van der Waals surface area contributed by atoms with E-state index in [4.69, 9.17) is 11.6 Å². The second-order valence-corrected chi connectivity index (χ2v) is 4.77. The molecule has 22 heavy (non-hydrogen) atoms. The van der Waals surface area contributed by atoms with Gasteiger partial charge in [-0.2, -0.15) is 0 Å². The maximum Gasteiger partial charge on any atom is 0.310 e. The lowest BCUT2D eigenvalue weighted by Crippen LogP contribution is -2.07. The second kappa shape index (κ2) is 6.73. The van der Waals surface area contributed by atoms with Crippen molar-refractivity contribution in [2.45, 2.75) is 0 Å². The van der Waals surface area contributed by atoms with Crippen molar-refractivity contribution in [3.63, 3.8) is 0 Å². The van der Waals surface area contributed by atoms with E-state index in [0.717, 1.165) is 0 Å². The Morgan fingerprint density at radius 2 is 2.05 bits per heavy atom. The smallest absolute Gasteiger partial charge is 0.310 e. The first-order valence-corrected chi connectivity index (χ1v) is 6.55. The van der Waals surface area contributed by atoms with E-state index < -0.39 is 10.7 Å². The standard InChI is InChI=1S/C15H11ClN2O4/c16-11-2-1-3-12(9-11)17-15(20)7-5-10-4-6-13(18(21)22)14(19)8-10/h1-9,19H,(H,17,20)/b7-5+. The number of carbonyl (C=O) groups is 1. The summed E-state index contributed by atoms with van der Waals surface area (Å²) >= 11 is 5.81. The fourth-order valence-electron chi connectivity index (χ4n) is 1.72. The van der Waals surface area contributed by atoms with Crippen LogP contribution in [-0.2, 0) is 4.79 Å². The lowest BCUT2D eigenvalue weighted by molar-refractivity contribution is -0.385. The number of nitrogens with zero attached hydrogens (tertiary/aromatic N) is 1. The molecule has 112 valence electrons. The van der Waals surface area contributed by atoms with Crippen molar-refractivity contribution >= 4 is 35.0 Å². The van der Waals surface area contributed by atoms with Crippen LogP contribution in [-0.4, -0.2) is 15.9 Å². The number of phenolic OH excluding ortho intramolecular Hbond substituents is 1. The minimum Gasteiger partial charge on any atom is -0.502 e. The van der Waals surface area contributed by atoms with E-state index in [1.807, 2.05) is 0 Å². The second-order valence-electron chi connectivity index (χ2n) is 4.34. The van der Waals surface area contributed by atoms with E-state index in [0.29, 0.717) is 16.3 Å². The minimum atomic E-state index is -0.686. The number of amides is 1. The van der Waals surface area contributed by atoms with Gasteiger partial charge in [-0.15, -0.1) is 0 Å². The number of nitro benzene ring substituents is 1. The van der Waals surface area contributed by atoms with Crippen molar-refractivity contribution in [1.29, 1.82) is 0 Å². The fourth-order valence-corrected chi connectivity index (χ4v) is 1.91. The number of halogens is 1. The van der Waals surface area contributed by atoms with Gasteiger partial charge in [0, 0.05) is 22.9 Å². The Labute approximate surface area is 130 Å². The third-order valence-corrected chi connectivity index (χ3v) is 2.95. The number of nitrogens with one attached hydrogen (secondary N) is 1. The number of hydrogen-bond acceptors (Lipinski definition) is 4. The zero-order valence-corrected chi connectivity index (χ0v) is 11.9. The summed E-state index contributed by atoms with van der Waals surface area (Å²) in [7, 11) is 0. The molecule has 0 spiro atoms. The summed E-state index contributed by atoms with van der Waals surface area (Å²) < 4.78 is 0. The van der Waals surface area contributed by atoms with Crippen molar-refractivity contribution in [2.75, 3.05) is 5.32 Å². The van der Waals surface area contributed by atoms with Gasteiger partial charge in [0.2, 0.25) is 5.91 Å². The number of aromatic hydroxyl groups is 1. The van der Waals surface area contributed by atoms with Crippen LogP contribution in [0.25, 0.3) is 6.08 Å². The normalized spacial score (nSPS) is 10.6. The number of anilines is 1. The van der Waals surface area contributed by atoms with Crippen LogP contribution in [0.5, 0.6) is 5.75 Å². The molecule has 0 aliphatic carbocycles. The van der Waals surface area contributed by atoms with Crippen LogP contribution in [0, 0.1) is 10.1 Å². The maximum absolute atomic E-state index is 11.7. The Kier molecular flexibility index (Phi) is 4.75. The molecule has 0 saturated heterocycles. The van der Waals surface area contributed by atoms with Gasteiger partial charge in [-0.1, -0.05) is 17.7 Å². The topological polar surface area (TPSA) is 92.5 Å². The highest BCUT2D eigenvalue weighted by atomic mass is 35.5. The molecule has 0 radical (unpaired) electrons. The molecule has 0 aliphatic rings. The molecule has 6 nitrogen and oxygen atoms in total. The van der Waals surface area contributed by atoms with Gasteiger partial charge in [-0.05, 0) is 42.0 Å². The Morgan fingerprint density at radius 3 is 2.68 bits per heavy atom. The molecule has 2 aromatic carbocycles. The predicted molar refractivity (Wildman–Crippen MR) is 83.9 cm³/mol. The summed E-state index contributed by atoms with van der Waals surface area (Å²) in [5, 5.41) is 23.2. The number of rotatable bonds is 4. The highest BCUT2D eigenvalue weighted by Crippen LogP contribution is 2.26. The van der Waals surface area contributed by atoms with E-state index in [-0.39, 0.29) is 11.6 Å². The predicted octanol–water partition coefficient (Wildman–Crippen LogP) is 3.61. The molecular formula is C15H11ClN2O4. The Bertz CT molecular complexity index is 759. The first-order chi connectivity index (χ1) is 10.5. The van der Waals surface area contributed by atoms with Gasteiger partial charge in [0.15, 0.2) is 5.75 Å². The zero-order chi connectivity index (χ0) is 16.1. The van der Waals surface area contributed by atoms with Crippen LogP contribution < -0.4 is 5.32 Å². The Hall–Kier alpha value is -2.86. The van der Waals surface area contributed by atoms with Gasteiger partial charge in [0.05, 0.1) is 4.92 Å². The highest BCUT2D eigenvalue weighted by Gasteiger charge is 2.12. The van der Waals surface area contributed by atoms with E-state index in [2.05, 4.69) is 5.32 Å². The van der Waals surface area contributed by atoms with Gasteiger partial charge in [0.1, 0.15) is 0 Å². The molecule has 0 saturated carbocycles. The molecule has 7 heteroatoms. The number of hydrogen-bond donors (Lipinski definition) is 2. The average Bonchev–Trinajstić information content (AvgIpc) is 2.45. The Morgan fingerprint density at radius 1 is 1.27 bits per heavy atom. The summed E-state index contributed by atoms with van der Waals surface area (Å²) in [6.45, 7) is 0. The van der Waals surface area contributed by atoms with Gasteiger partial charge < -0.3 is 10.4 Å². The summed E-state index contributed by atoms with van der Waals surface area (Å²) in [6, 6.07) is 10.5. The molecule has 0 heterocycles. The molecule has 1 amide bonds. The van der Waals surface area contributed by atoms with Gasteiger partial charge in [-0.25, -0.2) is 0 Å². The van der Waals surface area contributed by atoms with Crippen LogP contribution in [0.15, 0.2) is 48.5 Å². The molecule has 0 atom stereocenters. The van der Waals surface area contributed by atoms with Gasteiger partial charge in [-0.3, -0.25) is 14.9 Å². The summed E-state index contributed by atoms with van der Waals surface area (Å²) in [5.41, 5.74) is 0.624. The van der Waals surface area contributed by atoms with E-state index in [1.165, 1.54) is 30.4 Å². The largest absolute Gasteiger partial charge is 0.502 e. The SMILES string of the molecule is O=C(/C=C/c1ccc([N+](=O)[O-])c(O)c1)Nc1cccc(Cl)c1. The minimum absolute atomic E-state index is 0.388. The van der Waals surface area contributed by atoms with Crippen molar-refractivity contribution in [3.05, 3.63) is 69.2 Å². The van der Waals surface area contributed by atoms with Crippen LogP contribution in [0.4, 0.5) is 11.4 Å². The Balaban J connectivity index is 2.06. The van der Waals surface area contributed by atoms with E-state index >= 15 is 0 Å². The third-order valence-electron chi connectivity index (χ3n) is 2.72. The quantitative estimate of drug-likeness (QED) is 0.511. The first kappa shape index (κ1) is 15.5. The fraction of sp³-hybridized carbons (Fsp3) is 0. The van der Waals surface area contributed by atoms with Crippen molar-refractivity contribution in [3.8, 4) is 5.75 Å². The van der Waals surface area contributed by atoms with Crippen LogP contribution in [0.2, 0.25) is 5.02 Å². The van der Waals surface area contributed by atoms with Crippen LogP contribution >= 0.6 is 11.6 Å². The van der Waals surface area contributed by atoms with Crippen molar-refractivity contribution in [1.82, 2.24) is 0 Å². The number of nitro groups is 1. The lowest BCUT2D eigenvalue weighted by Gasteiger charge is -2.02. The van der Waals surface area contributed by atoms with Gasteiger partial charge in [0.25, 0.3) is 0 Å². The molecule has 2 aromatic rings. The summed E-state index contributed by atoms with van der Waals surface area (Å²) in [4.78, 5) is 21.6. The molecule has 0 aliphatic heterocycles. The molecule has 0 aromatic heterocycles. The molecule has 0 unspecified atom stereocenters. The maximum atomic E-state index is 11.7. The zero-order valence-electron chi connectivity index (χ0n) is 11.2. The van der Waals surface area contributed by atoms with Crippen LogP contribution in [0.1, 0.15) is 5.56 Å². The first-order valence-electron chi connectivity index (χ1n) is 6.18. The highest BCUT2D eigenvalue weighted by molar-refractivity contribution is 6.30. The molecular weight excluding hydrogens is 308 g/mol. The van der Waals surface area contributed by atoms with Gasteiger partial charge >= 0.3 is 5.69 Å². The number of carbonyl (C=O) groups excluding carboxylic acids is 1. The summed E-state index contributed by atoms with van der Waals surface area (Å²) in [6.07, 6.45) is 2.69. The third kappa shape index (κ3) is 4.07.